The van der Waals surface area contributed by atoms with Gasteiger partial charge >= 0.3 is 0 Å². The van der Waals surface area contributed by atoms with E-state index in [4.69, 9.17) is 10.00 Å². The van der Waals surface area contributed by atoms with E-state index in [0.717, 1.165) is 12.1 Å². The van der Waals surface area contributed by atoms with Crippen molar-refractivity contribution in [1.82, 2.24) is 9.55 Å². The van der Waals surface area contributed by atoms with Crippen LogP contribution in [0.25, 0.3) is 0 Å². The molecule has 0 N–H and O–H groups in total. The number of hydrogen-bond acceptors (Lipinski definition) is 4. The molecule has 1 aromatic carbocycles. The SMILES string of the molecule is CC(C)n1c(C#N)nc(OCc2ccc(F)cc2F)c(Br)c1=O. The fourth-order valence-electron chi connectivity index (χ4n) is 1.93. The molecule has 0 aliphatic carbocycles. The summed E-state index contributed by atoms with van der Waals surface area (Å²) in [6.07, 6.45) is 0. The number of nitriles is 1. The third-order valence-electron chi connectivity index (χ3n) is 3.03. The Morgan fingerprint density at radius 1 is 1.43 bits per heavy atom. The van der Waals surface area contributed by atoms with Gasteiger partial charge in [0.25, 0.3) is 5.56 Å². The van der Waals surface area contributed by atoms with Crippen molar-refractivity contribution >= 4 is 15.9 Å². The summed E-state index contributed by atoms with van der Waals surface area (Å²) in [5.74, 6) is -1.69. The summed E-state index contributed by atoms with van der Waals surface area (Å²) in [7, 11) is 0. The van der Waals surface area contributed by atoms with Gasteiger partial charge in [-0.2, -0.15) is 10.2 Å². The zero-order valence-electron chi connectivity index (χ0n) is 12.3. The van der Waals surface area contributed by atoms with Crippen molar-refractivity contribution in [2.45, 2.75) is 26.5 Å². The van der Waals surface area contributed by atoms with E-state index < -0.39 is 17.2 Å². The van der Waals surface area contributed by atoms with Crippen LogP contribution in [0.15, 0.2) is 27.5 Å². The van der Waals surface area contributed by atoms with Gasteiger partial charge in [-0.25, -0.2) is 8.78 Å². The van der Waals surface area contributed by atoms with E-state index in [1.165, 1.54) is 10.6 Å². The second-order valence-corrected chi connectivity index (χ2v) is 5.75. The highest BCUT2D eigenvalue weighted by Gasteiger charge is 2.18. The number of rotatable bonds is 4. The van der Waals surface area contributed by atoms with E-state index in [1.54, 1.807) is 13.8 Å². The number of halogens is 3. The van der Waals surface area contributed by atoms with Gasteiger partial charge in [-0.3, -0.25) is 9.36 Å². The van der Waals surface area contributed by atoms with Gasteiger partial charge in [-0.15, -0.1) is 0 Å². The maximum atomic E-state index is 13.6. The summed E-state index contributed by atoms with van der Waals surface area (Å²) in [6.45, 7) is 3.23. The first-order valence-corrected chi connectivity index (χ1v) is 7.43. The number of benzene rings is 1. The number of hydrogen-bond donors (Lipinski definition) is 0. The zero-order valence-corrected chi connectivity index (χ0v) is 13.9. The Labute approximate surface area is 139 Å². The second-order valence-electron chi connectivity index (χ2n) is 4.96. The van der Waals surface area contributed by atoms with E-state index in [0.29, 0.717) is 0 Å². The van der Waals surface area contributed by atoms with Crippen LogP contribution in [0.2, 0.25) is 0 Å². The van der Waals surface area contributed by atoms with Crippen LogP contribution in [0.1, 0.15) is 31.3 Å². The monoisotopic (exact) mass is 383 g/mol. The molecule has 0 unspecified atom stereocenters. The molecule has 0 radical (unpaired) electrons. The summed E-state index contributed by atoms with van der Waals surface area (Å²) in [5.41, 5.74) is -0.368. The molecule has 8 heteroatoms. The maximum Gasteiger partial charge on any atom is 0.272 e. The minimum Gasteiger partial charge on any atom is -0.472 e. The van der Waals surface area contributed by atoms with Crippen molar-refractivity contribution in [2.75, 3.05) is 0 Å². The van der Waals surface area contributed by atoms with Crippen molar-refractivity contribution in [2.24, 2.45) is 0 Å². The van der Waals surface area contributed by atoms with E-state index in [9.17, 15) is 13.6 Å². The average Bonchev–Trinajstić information content (AvgIpc) is 2.49. The maximum absolute atomic E-state index is 13.6. The molecule has 0 aliphatic heterocycles. The van der Waals surface area contributed by atoms with Crippen LogP contribution in [0.4, 0.5) is 8.78 Å². The number of nitrogens with zero attached hydrogens (tertiary/aromatic N) is 3. The van der Waals surface area contributed by atoms with Crippen molar-refractivity contribution in [1.29, 1.82) is 5.26 Å². The van der Waals surface area contributed by atoms with Crippen LogP contribution >= 0.6 is 15.9 Å². The van der Waals surface area contributed by atoms with Gasteiger partial charge in [-0.1, -0.05) is 0 Å². The van der Waals surface area contributed by atoms with Gasteiger partial charge in [0.05, 0.1) is 0 Å². The quantitative estimate of drug-likeness (QED) is 0.811. The molecule has 1 heterocycles. The lowest BCUT2D eigenvalue weighted by atomic mass is 10.2. The lowest BCUT2D eigenvalue weighted by Gasteiger charge is -2.14. The first kappa shape index (κ1) is 17.1. The van der Waals surface area contributed by atoms with Crippen LogP contribution in [0.3, 0.4) is 0 Å². The first-order valence-electron chi connectivity index (χ1n) is 6.64. The Morgan fingerprint density at radius 3 is 2.70 bits per heavy atom. The summed E-state index contributed by atoms with van der Waals surface area (Å²) in [6, 6.07) is 4.64. The molecule has 0 aliphatic rings. The van der Waals surface area contributed by atoms with Gasteiger partial charge < -0.3 is 4.74 Å². The summed E-state index contributed by atoms with van der Waals surface area (Å²) in [4.78, 5) is 16.2. The fraction of sp³-hybridized carbons (Fsp3) is 0.267. The predicted octanol–water partition coefficient (Wildman–Crippen LogP) is 3.32. The molecular weight excluding hydrogens is 372 g/mol. The van der Waals surface area contributed by atoms with Crippen molar-refractivity contribution in [3.8, 4) is 11.9 Å². The van der Waals surface area contributed by atoms with Crippen molar-refractivity contribution in [3.05, 3.63) is 56.0 Å². The molecule has 2 aromatic rings. The molecule has 5 nitrogen and oxygen atoms in total. The predicted molar refractivity (Wildman–Crippen MR) is 82.0 cm³/mol. The van der Waals surface area contributed by atoms with Gasteiger partial charge in [-0.05, 0) is 41.9 Å². The Hall–Kier alpha value is -2.27. The molecule has 0 saturated carbocycles. The molecule has 23 heavy (non-hydrogen) atoms. The van der Waals surface area contributed by atoms with Crippen LogP contribution in [-0.2, 0) is 6.61 Å². The Bertz CT molecular complexity index is 844. The van der Waals surface area contributed by atoms with Gasteiger partial charge in [0, 0.05) is 17.7 Å². The number of aromatic nitrogens is 2. The third-order valence-corrected chi connectivity index (χ3v) is 3.70. The molecule has 2 rings (SSSR count). The topological polar surface area (TPSA) is 67.9 Å². The summed E-state index contributed by atoms with van der Waals surface area (Å²) in [5, 5.41) is 9.12. The Kier molecular flexibility index (Phi) is 5.11. The normalized spacial score (nSPS) is 10.7. The lowest BCUT2D eigenvalue weighted by Crippen LogP contribution is -2.27. The molecular formula is C15H12BrF2N3O2. The van der Waals surface area contributed by atoms with Gasteiger partial charge in [0.2, 0.25) is 11.7 Å². The van der Waals surface area contributed by atoms with E-state index in [-0.39, 0.29) is 34.4 Å². The fourth-order valence-corrected chi connectivity index (χ4v) is 2.33. The zero-order chi connectivity index (χ0) is 17.1. The van der Waals surface area contributed by atoms with Gasteiger partial charge in [0.1, 0.15) is 28.8 Å². The molecule has 1 aromatic heterocycles. The largest absolute Gasteiger partial charge is 0.472 e. The summed E-state index contributed by atoms with van der Waals surface area (Å²) >= 11 is 3.08. The molecule has 0 atom stereocenters. The Morgan fingerprint density at radius 2 is 2.13 bits per heavy atom. The van der Waals surface area contributed by atoms with E-state index in [1.807, 2.05) is 6.07 Å². The molecule has 0 spiro atoms. The first-order chi connectivity index (χ1) is 10.8. The van der Waals surface area contributed by atoms with Crippen LogP contribution in [-0.4, -0.2) is 9.55 Å². The standard InChI is InChI=1S/C15H12BrF2N3O2/c1-8(2)21-12(6-19)20-14(13(16)15(21)22)23-7-9-3-4-10(17)5-11(9)18/h3-5,8H,7H2,1-2H3. The molecule has 120 valence electrons. The van der Waals surface area contributed by atoms with Crippen LogP contribution in [0, 0.1) is 23.0 Å². The highest BCUT2D eigenvalue weighted by molar-refractivity contribution is 9.10. The smallest absolute Gasteiger partial charge is 0.272 e. The Balaban J connectivity index is 2.36. The molecule has 0 saturated heterocycles. The van der Waals surface area contributed by atoms with Crippen LogP contribution < -0.4 is 10.3 Å². The minimum atomic E-state index is -0.767. The van der Waals surface area contributed by atoms with Gasteiger partial charge in [0.15, 0.2) is 0 Å². The lowest BCUT2D eigenvalue weighted by molar-refractivity contribution is 0.282. The number of ether oxygens (including phenoxy) is 1. The molecule has 0 amide bonds. The minimum absolute atomic E-state index is 0.0349. The van der Waals surface area contributed by atoms with Crippen molar-refractivity contribution in [3.63, 3.8) is 0 Å². The van der Waals surface area contributed by atoms with E-state index >= 15 is 0 Å². The molecule has 0 bridgehead atoms. The second kappa shape index (κ2) is 6.87. The van der Waals surface area contributed by atoms with E-state index in [2.05, 4.69) is 20.9 Å². The highest BCUT2D eigenvalue weighted by Crippen LogP contribution is 2.22. The third kappa shape index (κ3) is 3.56. The molecule has 0 fully saturated rings. The highest BCUT2D eigenvalue weighted by atomic mass is 79.9. The summed E-state index contributed by atoms with van der Waals surface area (Å²) < 4.78 is 33.0. The van der Waals surface area contributed by atoms with Crippen LogP contribution in [0.5, 0.6) is 5.88 Å². The van der Waals surface area contributed by atoms with Crippen molar-refractivity contribution < 1.29 is 13.5 Å². The average molecular weight is 384 g/mol.